The molecule has 0 saturated heterocycles. The largest absolute Gasteiger partial charge is 0.309 e. The maximum atomic E-state index is 13.6. The lowest BCUT2D eigenvalue weighted by molar-refractivity contribution is -0.120. The summed E-state index contributed by atoms with van der Waals surface area (Å²) in [4.78, 5) is 34.3. The van der Waals surface area contributed by atoms with E-state index in [1.807, 2.05) is 0 Å². The van der Waals surface area contributed by atoms with Gasteiger partial charge in [-0.05, 0) is 42.7 Å². The Hall–Kier alpha value is -2.80. The zero-order valence-corrected chi connectivity index (χ0v) is 15.7. The molecule has 2 heterocycles. The molecule has 1 aliphatic carbocycles. The van der Waals surface area contributed by atoms with Crippen LogP contribution in [-0.4, -0.2) is 20.4 Å². The van der Waals surface area contributed by atoms with E-state index in [0.717, 1.165) is 25.3 Å². The first-order valence-electron chi connectivity index (χ1n) is 9.10. The molecule has 8 heteroatoms. The van der Waals surface area contributed by atoms with Crippen LogP contribution in [0.2, 0.25) is 5.02 Å². The van der Waals surface area contributed by atoms with Gasteiger partial charge in [-0.15, -0.1) is 0 Å². The molecule has 4 rings (SSSR count). The van der Waals surface area contributed by atoms with E-state index in [9.17, 15) is 14.0 Å². The van der Waals surface area contributed by atoms with E-state index in [0.29, 0.717) is 28.7 Å². The molecule has 3 aromatic rings. The summed E-state index contributed by atoms with van der Waals surface area (Å²) in [5, 5.41) is 3.35. The molecule has 1 fully saturated rings. The fourth-order valence-corrected chi connectivity index (χ4v) is 3.49. The van der Waals surface area contributed by atoms with Crippen LogP contribution in [0, 0.1) is 11.7 Å². The second-order valence-corrected chi connectivity index (χ2v) is 7.45. The molecule has 1 amide bonds. The van der Waals surface area contributed by atoms with Crippen LogP contribution < -0.4 is 10.9 Å². The molecule has 0 bridgehead atoms. The van der Waals surface area contributed by atoms with Gasteiger partial charge < -0.3 is 5.32 Å². The molecule has 1 N–H and O–H groups in total. The van der Waals surface area contributed by atoms with E-state index in [4.69, 9.17) is 11.6 Å². The topological polar surface area (TPSA) is 76.9 Å². The molecule has 2 aromatic heterocycles. The minimum absolute atomic E-state index is 0.151. The second-order valence-electron chi connectivity index (χ2n) is 7.02. The van der Waals surface area contributed by atoms with Crippen LogP contribution in [0.5, 0.6) is 0 Å². The summed E-state index contributed by atoms with van der Waals surface area (Å²) in [5.74, 6) is -0.166. The Balaban J connectivity index is 1.70. The third kappa shape index (κ3) is 3.75. The molecule has 0 radical (unpaired) electrons. The first-order valence-corrected chi connectivity index (χ1v) is 9.48. The number of anilines is 1. The first kappa shape index (κ1) is 18.6. The molecule has 1 saturated carbocycles. The smallest absolute Gasteiger partial charge is 0.262 e. The number of nitrogens with one attached hydrogen (secondary N) is 1. The second kappa shape index (κ2) is 7.67. The molecule has 6 nitrogen and oxygen atoms in total. The number of aromatic nitrogens is 3. The van der Waals surface area contributed by atoms with Gasteiger partial charge in [0, 0.05) is 6.20 Å². The third-order valence-corrected chi connectivity index (χ3v) is 5.37. The molecule has 28 heavy (non-hydrogen) atoms. The van der Waals surface area contributed by atoms with Crippen LogP contribution in [0.1, 0.15) is 31.7 Å². The molecule has 0 aliphatic heterocycles. The van der Waals surface area contributed by atoms with Crippen LogP contribution in [0.3, 0.4) is 0 Å². The number of hydrogen-bond donors (Lipinski definition) is 1. The monoisotopic (exact) mass is 400 g/mol. The highest BCUT2D eigenvalue weighted by atomic mass is 35.5. The summed E-state index contributed by atoms with van der Waals surface area (Å²) in [6, 6.07) is 6.32. The van der Waals surface area contributed by atoms with Crippen molar-refractivity contribution in [2.45, 2.75) is 31.7 Å². The number of benzene rings is 1. The van der Waals surface area contributed by atoms with Gasteiger partial charge in [-0.2, -0.15) is 0 Å². The van der Waals surface area contributed by atoms with Gasteiger partial charge in [0.15, 0.2) is 0 Å². The Labute approximate surface area is 165 Å². The van der Waals surface area contributed by atoms with Crippen molar-refractivity contribution in [1.29, 1.82) is 0 Å². The van der Waals surface area contributed by atoms with Crippen LogP contribution in [0.4, 0.5) is 10.2 Å². The number of rotatable bonds is 5. The summed E-state index contributed by atoms with van der Waals surface area (Å²) < 4.78 is 14.9. The number of carbonyl (C=O) groups excluding carboxylic acids is 1. The Morgan fingerprint density at radius 3 is 2.79 bits per heavy atom. The minimum atomic E-state index is -0.754. The van der Waals surface area contributed by atoms with Crippen LogP contribution >= 0.6 is 11.6 Å². The summed E-state index contributed by atoms with van der Waals surface area (Å²) in [7, 11) is 0. The Morgan fingerprint density at radius 2 is 2.11 bits per heavy atom. The Morgan fingerprint density at radius 1 is 1.29 bits per heavy atom. The number of fused-ring (bicyclic) bond motifs is 1. The van der Waals surface area contributed by atoms with Gasteiger partial charge in [-0.25, -0.2) is 14.4 Å². The van der Waals surface area contributed by atoms with Gasteiger partial charge in [-0.1, -0.05) is 30.9 Å². The van der Waals surface area contributed by atoms with Crippen molar-refractivity contribution in [3.63, 3.8) is 0 Å². The third-order valence-electron chi connectivity index (χ3n) is 5.14. The summed E-state index contributed by atoms with van der Waals surface area (Å²) in [6.45, 7) is 0. The van der Waals surface area contributed by atoms with Crippen molar-refractivity contribution in [3.05, 3.63) is 64.0 Å². The Kier molecular flexibility index (Phi) is 5.09. The number of hydrogen-bond acceptors (Lipinski definition) is 4. The predicted molar refractivity (Wildman–Crippen MR) is 105 cm³/mol. The molecular formula is C20H18ClFN4O2. The van der Waals surface area contributed by atoms with Crippen molar-refractivity contribution in [3.8, 4) is 0 Å². The van der Waals surface area contributed by atoms with Crippen LogP contribution in [0.25, 0.3) is 10.9 Å². The van der Waals surface area contributed by atoms with Gasteiger partial charge in [0.1, 0.15) is 17.7 Å². The fraction of sp³-hybridized carbons (Fsp3) is 0.300. The van der Waals surface area contributed by atoms with Gasteiger partial charge in [-0.3, -0.25) is 14.2 Å². The standard InChI is InChI=1S/C20H18ClFN4O2/c21-13-4-7-18(23-10-13)25-19(27)17(8-12-2-1-3-12)26-11-24-16-6-5-14(22)9-15(16)20(26)28/h4-7,9-12,17H,1-3,8H2,(H,23,25,27). The summed E-state index contributed by atoms with van der Waals surface area (Å²) in [5.41, 5.74) is -0.0436. The molecule has 1 aromatic carbocycles. The van der Waals surface area contributed by atoms with Gasteiger partial charge in [0.25, 0.3) is 5.56 Å². The van der Waals surface area contributed by atoms with Crippen molar-refractivity contribution in [2.24, 2.45) is 5.92 Å². The SMILES string of the molecule is O=C(Nc1ccc(Cl)cn1)C(CC1CCC1)n1cnc2ccc(F)cc2c1=O. The van der Waals surface area contributed by atoms with Gasteiger partial charge >= 0.3 is 0 Å². The average Bonchev–Trinajstić information content (AvgIpc) is 2.64. The predicted octanol–water partition coefficient (Wildman–Crippen LogP) is 3.95. The lowest BCUT2D eigenvalue weighted by atomic mass is 9.80. The highest BCUT2D eigenvalue weighted by Crippen LogP contribution is 2.34. The zero-order chi connectivity index (χ0) is 19.7. The van der Waals surface area contributed by atoms with Crippen molar-refractivity contribution in [2.75, 3.05) is 5.32 Å². The quantitative estimate of drug-likeness (QED) is 0.703. The number of halogens is 2. The number of pyridine rings is 1. The van der Waals surface area contributed by atoms with Gasteiger partial charge in [0.2, 0.25) is 5.91 Å². The number of nitrogens with zero attached hydrogens (tertiary/aromatic N) is 3. The normalized spacial score (nSPS) is 15.2. The fourth-order valence-electron chi connectivity index (χ4n) is 3.38. The van der Waals surface area contributed by atoms with Crippen LogP contribution in [-0.2, 0) is 4.79 Å². The summed E-state index contributed by atoms with van der Waals surface area (Å²) >= 11 is 5.83. The highest BCUT2D eigenvalue weighted by Gasteiger charge is 2.29. The van der Waals surface area contributed by atoms with Crippen molar-refractivity contribution >= 4 is 34.2 Å². The maximum absolute atomic E-state index is 13.6. The highest BCUT2D eigenvalue weighted by molar-refractivity contribution is 6.30. The molecule has 1 unspecified atom stereocenters. The van der Waals surface area contributed by atoms with Crippen molar-refractivity contribution in [1.82, 2.24) is 14.5 Å². The molecule has 0 spiro atoms. The molecule has 1 aliphatic rings. The molecule has 1 atom stereocenters. The van der Waals surface area contributed by atoms with Crippen molar-refractivity contribution < 1.29 is 9.18 Å². The van der Waals surface area contributed by atoms with E-state index in [1.54, 1.807) is 12.1 Å². The van der Waals surface area contributed by atoms with E-state index >= 15 is 0 Å². The number of carbonyl (C=O) groups is 1. The first-order chi connectivity index (χ1) is 13.5. The minimum Gasteiger partial charge on any atom is -0.309 e. The van der Waals surface area contributed by atoms with E-state index < -0.39 is 17.4 Å². The van der Waals surface area contributed by atoms with E-state index in [1.165, 1.54) is 29.2 Å². The molecular weight excluding hydrogens is 383 g/mol. The lowest BCUT2D eigenvalue weighted by Gasteiger charge is -2.29. The summed E-state index contributed by atoms with van der Waals surface area (Å²) in [6.07, 6.45) is 6.47. The average molecular weight is 401 g/mol. The number of amides is 1. The van der Waals surface area contributed by atoms with E-state index in [2.05, 4.69) is 15.3 Å². The lowest BCUT2D eigenvalue weighted by Crippen LogP contribution is -2.36. The van der Waals surface area contributed by atoms with E-state index in [-0.39, 0.29) is 11.3 Å². The maximum Gasteiger partial charge on any atom is 0.262 e. The van der Waals surface area contributed by atoms with Crippen LogP contribution in [0.15, 0.2) is 47.7 Å². The van der Waals surface area contributed by atoms with Gasteiger partial charge in [0.05, 0.1) is 22.3 Å². The zero-order valence-electron chi connectivity index (χ0n) is 14.9. The Bertz CT molecular complexity index is 1080. The molecule has 144 valence electrons.